The van der Waals surface area contributed by atoms with Crippen LogP contribution in [0.15, 0.2) is 41.3 Å². The van der Waals surface area contributed by atoms with Gasteiger partial charge in [-0.05, 0) is 42.7 Å². The highest BCUT2D eigenvalue weighted by Gasteiger charge is 2.66. The van der Waals surface area contributed by atoms with E-state index in [1.165, 1.54) is 0 Å². The molecule has 2 aromatic carbocycles. The first-order valence-corrected chi connectivity index (χ1v) is 14.3. The van der Waals surface area contributed by atoms with Crippen molar-refractivity contribution in [1.29, 1.82) is 5.26 Å². The van der Waals surface area contributed by atoms with Crippen LogP contribution in [-0.2, 0) is 32.5 Å². The highest BCUT2D eigenvalue weighted by Crippen LogP contribution is 3.02. The number of halogens is 10. The van der Waals surface area contributed by atoms with Gasteiger partial charge in [-0.1, -0.05) is 54.8 Å². The number of carbonyl (C=O) groups excluding carboxylic acids is 2. The lowest BCUT2D eigenvalue weighted by atomic mass is 9.95. The zero-order valence-corrected chi connectivity index (χ0v) is 23.6. The molecule has 0 radical (unpaired) electrons. The van der Waals surface area contributed by atoms with Crippen molar-refractivity contribution >= 4 is 51.3 Å². The average molecular weight is 679 g/mol. The van der Waals surface area contributed by atoms with Crippen LogP contribution >= 0.6 is 33.4 Å². The van der Waals surface area contributed by atoms with E-state index in [0.29, 0.717) is 4.68 Å². The molecule has 8 nitrogen and oxygen atoms in total. The second-order valence-corrected chi connectivity index (χ2v) is 12.5. The lowest BCUT2D eigenvalue weighted by Gasteiger charge is -2.40. The van der Waals surface area contributed by atoms with Crippen LogP contribution in [0.1, 0.15) is 35.2 Å². The summed E-state index contributed by atoms with van der Waals surface area (Å²) in [6.07, 6.45) is -5.76. The summed E-state index contributed by atoms with van der Waals surface area (Å²) in [7, 11) is -9.22. The van der Waals surface area contributed by atoms with Gasteiger partial charge < -0.3 is 9.47 Å². The first-order valence-electron chi connectivity index (χ1n) is 11.6. The summed E-state index contributed by atoms with van der Waals surface area (Å²) in [4.78, 5) is 23.1. The molecule has 4 rings (SSSR count). The maximum atomic E-state index is 13.4. The van der Waals surface area contributed by atoms with E-state index in [-0.39, 0.29) is 36.1 Å². The smallest absolute Gasteiger partial charge is 0.416 e. The fraction of sp³-hybridized carbons (Fsp3) is 0.250. The molecule has 3 aromatic rings. The molecule has 1 heterocycles. The number of hydrogen-bond donors (Lipinski definition) is 1. The standard InChI is InChI=1S/C24H16Cl2F8N4O4S/c1-41-21(39)23(6-7-23)18-17(10-35)37-38(19-15(25)8-14(9-16(19)26)43(30,31,32,33)34)20(18)36-22(40)42-11-12-2-4-13(5-3-12)24(27,28)29/h2-5,8-9H,6-7,11H2,1H3,(H,36,40). The molecule has 1 aliphatic carbocycles. The Hall–Kier alpha value is -3.75. The van der Waals surface area contributed by atoms with Crippen molar-refractivity contribution in [2.75, 3.05) is 12.4 Å². The third-order valence-electron chi connectivity index (χ3n) is 6.32. The molecule has 1 aliphatic rings. The third kappa shape index (κ3) is 6.45. The zero-order chi connectivity index (χ0) is 32.2. The van der Waals surface area contributed by atoms with Crippen LogP contribution in [-0.4, -0.2) is 29.0 Å². The number of carbonyl (C=O) groups is 2. The molecular weight excluding hydrogens is 663 g/mol. The number of anilines is 1. The van der Waals surface area contributed by atoms with Gasteiger partial charge in [0.25, 0.3) is 0 Å². The van der Waals surface area contributed by atoms with Crippen LogP contribution < -0.4 is 5.32 Å². The number of ether oxygens (including phenoxy) is 2. The average Bonchev–Trinajstić information content (AvgIpc) is 3.61. The van der Waals surface area contributed by atoms with Crippen LogP contribution in [0, 0.1) is 11.3 Å². The molecule has 19 heteroatoms. The van der Waals surface area contributed by atoms with Crippen molar-refractivity contribution in [1.82, 2.24) is 9.78 Å². The van der Waals surface area contributed by atoms with E-state index in [1.807, 2.05) is 0 Å². The Balaban J connectivity index is 1.79. The predicted octanol–water partition coefficient (Wildman–Crippen LogP) is 8.68. The normalized spacial score (nSPS) is 16.0. The van der Waals surface area contributed by atoms with Gasteiger partial charge in [-0.2, -0.15) is 23.5 Å². The van der Waals surface area contributed by atoms with Gasteiger partial charge in [-0.3, -0.25) is 10.1 Å². The molecule has 43 heavy (non-hydrogen) atoms. The Kier molecular flexibility index (Phi) is 7.40. The summed E-state index contributed by atoms with van der Waals surface area (Å²) in [5, 5.41) is 13.8. The maximum Gasteiger partial charge on any atom is 0.416 e. The number of aromatic nitrogens is 2. The minimum absolute atomic E-state index is 0.0833. The molecule has 232 valence electrons. The summed E-state index contributed by atoms with van der Waals surface area (Å²) >= 11 is 11.9. The summed E-state index contributed by atoms with van der Waals surface area (Å²) in [5.41, 5.74) is -3.82. The van der Waals surface area contributed by atoms with E-state index in [0.717, 1.165) is 31.4 Å². The van der Waals surface area contributed by atoms with Crippen molar-refractivity contribution in [2.24, 2.45) is 0 Å². The second kappa shape index (κ2) is 9.89. The van der Waals surface area contributed by atoms with Crippen molar-refractivity contribution in [3.63, 3.8) is 0 Å². The van der Waals surface area contributed by atoms with E-state index in [4.69, 9.17) is 32.7 Å². The van der Waals surface area contributed by atoms with Gasteiger partial charge in [0.05, 0.1) is 33.7 Å². The monoisotopic (exact) mass is 678 g/mol. The SMILES string of the molecule is COC(=O)C1(c2c(C#N)nn(-c3c(Cl)cc(S(F)(F)(F)(F)F)cc3Cl)c2NC(=O)OCc2ccc(C(F)(F)F)cc2)CC1. The summed E-state index contributed by atoms with van der Waals surface area (Å²) in [5.74, 6) is -1.40. The number of amides is 1. The van der Waals surface area contributed by atoms with Crippen molar-refractivity contribution < 1.29 is 51.7 Å². The molecule has 0 spiro atoms. The topological polar surface area (TPSA) is 106 Å². The number of esters is 1. The number of nitrogens with zero attached hydrogens (tertiary/aromatic N) is 3. The van der Waals surface area contributed by atoms with E-state index in [1.54, 1.807) is 6.07 Å². The van der Waals surface area contributed by atoms with Crippen LogP contribution in [0.4, 0.5) is 43.2 Å². The van der Waals surface area contributed by atoms with E-state index < -0.39 is 78.2 Å². The van der Waals surface area contributed by atoms with Crippen LogP contribution in [0.3, 0.4) is 0 Å². The lowest BCUT2D eigenvalue weighted by molar-refractivity contribution is -0.143. The molecule has 1 amide bonds. The van der Waals surface area contributed by atoms with E-state index in [2.05, 4.69) is 10.4 Å². The quantitative estimate of drug-likeness (QED) is 0.198. The van der Waals surface area contributed by atoms with Gasteiger partial charge in [0.1, 0.15) is 29.1 Å². The van der Waals surface area contributed by atoms with Crippen molar-refractivity contribution in [2.45, 2.75) is 35.9 Å². The molecule has 0 saturated heterocycles. The van der Waals surface area contributed by atoms with E-state index in [9.17, 15) is 47.5 Å². The molecule has 1 aromatic heterocycles. The number of nitrogens with one attached hydrogen (secondary N) is 1. The number of alkyl halides is 3. The molecule has 1 N–H and O–H groups in total. The van der Waals surface area contributed by atoms with Crippen LogP contribution in [0.2, 0.25) is 10.0 Å². The zero-order valence-electron chi connectivity index (χ0n) is 21.2. The van der Waals surface area contributed by atoms with Crippen molar-refractivity contribution in [3.8, 4) is 11.8 Å². The van der Waals surface area contributed by atoms with Crippen molar-refractivity contribution in [3.05, 3.63) is 68.8 Å². The second-order valence-electron chi connectivity index (χ2n) is 9.27. The molecule has 0 unspecified atom stereocenters. The molecular formula is C24H16Cl2F8N4O4S. The molecule has 1 fully saturated rings. The number of methoxy groups -OCH3 is 1. The Morgan fingerprint density at radius 3 is 2.09 bits per heavy atom. The summed E-state index contributed by atoms with van der Waals surface area (Å²) in [6.45, 7) is -0.569. The summed E-state index contributed by atoms with van der Waals surface area (Å²) < 4.78 is 116. The fourth-order valence-electron chi connectivity index (χ4n) is 4.14. The van der Waals surface area contributed by atoms with Gasteiger partial charge >= 0.3 is 28.5 Å². The highest BCUT2D eigenvalue weighted by atomic mass is 35.5. The Bertz CT molecular complexity index is 1660. The van der Waals surface area contributed by atoms with Crippen LogP contribution in [0.5, 0.6) is 0 Å². The predicted molar refractivity (Wildman–Crippen MR) is 138 cm³/mol. The Labute approximate surface area is 246 Å². The minimum atomic E-state index is -10.3. The summed E-state index contributed by atoms with van der Waals surface area (Å²) in [6, 6.07) is 5.02. The highest BCUT2D eigenvalue weighted by molar-refractivity contribution is 8.45. The van der Waals surface area contributed by atoms with Gasteiger partial charge in [0.15, 0.2) is 5.69 Å². The van der Waals surface area contributed by atoms with Crippen LogP contribution in [0.25, 0.3) is 5.69 Å². The molecule has 0 bridgehead atoms. The van der Waals surface area contributed by atoms with Gasteiger partial charge in [0, 0.05) is 0 Å². The number of nitriles is 1. The Morgan fingerprint density at radius 2 is 1.65 bits per heavy atom. The molecule has 0 aliphatic heterocycles. The molecule has 0 atom stereocenters. The lowest BCUT2D eigenvalue weighted by Crippen LogP contribution is -2.25. The number of benzene rings is 2. The maximum absolute atomic E-state index is 13.4. The van der Waals surface area contributed by atoms with Gasteiger partial charge in [-0.25, -0.2) is 9.48 Å². The number of hydrogen-bond acceptors (Lipinski definition) is 6. The first kappa shape index (κ1) is 32.2. The molecule has 1 saturated carbocycles. The number of rotatable bonds is 7. The Morgan fingerprint density at radius 1 is 1.09 bits per heavy atom. The largest absolute Gasteiger partial charge is 0.468 e. The first-order chi connectivity index (χ1) is 19.6. The fourth-order valence-corrected chi connectivity index (χ4v) is 5.60. The third-order valence-corrected chi connectivity index (χ3v) is 8.02. The van der Waals surface area contributed by atoms with Gasteiger partial charge in [-0.15, -0.1) is 0 Å². The minimum Gasteiger partial charge on any atom is -0.468 e. The van der Waals surface area contributed by atoms with E-state index >= 15 is 0 Å². The van der Waals surface area contributed by atoms with Gasteiger partial charge in [0.2, 0.25) is 0 Å².